The van der Waals surface area contributed by atoms with Crippen molar-refractivity contribution in [2.75, 3.05) is 7.11 Å². The van der Waals surface area contributed by atoms with Crippen molar-refractivity contribution >= 4 is 34.1 Å². The highest BCUT2D eigenvalue weighted by molar-refractivity contribution is 7.80. The van der Waals surface area contributed by atoms with E-state index in [2.05, 4.69) is 30.1 Å². The zero-order valence-electron chi connectivity index (χ0n) is 7.50. The van der Waals surface area contributed by atoms with Gasteiger partial charge in [0.2, 0.25) is 0 Å². The molecule has 0 fully saturated rings. The Morgan fingerprint density at radius 3 is 2.92 bits per heavy atom. The largest absolute Gasteiger partial charge is 0.495 e. The second-order valence-electron chi connectivity index (χ2n) is 2.91. The first-order chi connectivity index (χ1) is 6.24. The minimum atomic E-state index is 0.889. The number of aryl methyl sites for hydroxylation is 1. The molecule has 0 aliphatic heterocycles. The third-order valence-corrected chi connectivity index (χ3v) is 3.50. The lowest BCUT2D eigenvalue weighted by molar-refractivity contribution is 0.410. The molecule has 13 heavy (non-hydrogen) atoms. The summed E-state index contributed by atoms with van der Waals surface area (Å²) in [6.07, 6.45) is 0. The van der Waals surface area contributed by atoms with E-state index in [-0.39, 0.29) is 0 Å². The first-order valence-electron chi connectivity index (χ1n) is 3.98. The summed E-state index contributed by atoms with van der Waals surface area (Å²) in [6.45, 7) is 2.05. The number of thiol groups is 1. The number of thiophene rings is 1. The normalized spacial score (nSPS) is 10.7. The molecule has 0 spiro atoms. The van der Waals surface area contributed by atoms with E-state index >= 15 is 0 Å². The maximum atomic E-state index is 5.33. The Morgan fingerprint density at radius 2 is 2.23 bits per heavy atom. The third kappa shape index (κ3) is 1.32. The summed E-state index contributed by atoms with van der Waals surface area (Å²) in [5.74, 6) is 0.889. The van der Waals surface area contributed by atoms with E-state index in [9.17, 15) is 0 Å². The van der Waals surface area contributed by atoms with Crippen molar-refractivity contribution in [3.8, 4) is 5.75 Å². The van der Waals surface area contributed by atoms with Crippen LogP contribution in [0.4, 0.5) is 0 Å². The molecule has 1 heterocycles. The number of hydrogen-bond donors (Lipinski definition) is 1. The fourth-order valence-electron chi connectivity index (χ4n) is 1.40. The summed E-state index contributed by atoms with van der Waals surface area (Å²) >= 11 is 6.15. The highest BCUT2D eigenvalue weighted by Gasteiger charge is 2.09. The van der Waals surface area contributed by atoms with Crippen LogP contribution in [0.25, 0.3) is 10.1 Å². The fourth-order valence-corrected chi connectivity index (χ4v) is 2.56. The summed E-state index contributed by atoms with van der Waals surface area (Å²) in [5, 5.41) is 3.22. The quantitative estimate of drug-likeness (QED) is 0.709. The van der Waals surface area contributed by atoms with Crippen LogP contribution in [0.2, 0.25) is 0 Å². The van der Waals surface area contributed by atoms with Crippen molar-refractivity contribution in [1.82, 2.24) is 0 Å². The van der Waals surface area contributed by atoms with Crippen LogP contribution < -0.4 is 4.74 Å². The Labute approximate surface area is 86.8 Å². The molecule has 0 saturated carbocycles. The molecule has 1 aromatic carbocycles. The predicted octanol–water partition coefficient (Wildman–Crippen LogP) is 3.51. The predicted molar refractivity (Wildman–Crippen MR) is 60.4 cm³/mol. The lowest BCUT2D eigenvalue weighted by Gasteiger charge is -2.07. The first-order valence-corrected chi connectivity index (χ1v) is 5.30. The van der Waals surface area contributed by atoms with Gasteiger partial charge >= 0.3 is 0 Å². The SMILES string of the molecule is COc1c(S)c(C)cc2sccc12. The summed E-state index contributed by atoms with van der Waals surface area (Å²) in [7, 11) is 1.69. The maximum absolute atomic E-state index is 5.33. The Bertz CT molecular complexity index is 445. The summed E-state index contributed by atoms with van der Waals surface area (Å²) in [6, 6.07) is 4.21. The lowest BCUT2D eigenvalue weighted by atomic mass is 10.2. The molecule has 0 aliphatic rings. The van der Waals surface area contributed by atoms with Crippen LogP contribution in [-0.4, -0.2) is 7.11 Å². The average molecular weight is 210 g/mol. The highest BCUT2D eigenvalue weighted by atomic mass is 32.1. The van der Waals surface area contributed by atoms with Gasteiger partial charge in [-0.1, -0.05) is 0 Å². The molecule has 0 bridgehead atoms. The van der Waals surface area contributed by atoms with Crippen molar-refractivity contribution in [2.24, 2.45) is 0 Å². The summed E-state index contributed by atoms with van der Waals surface area (Å²) in [5.41, 5.74) is 1.16. The summed E-state index contributed by atoms with van der Waals surface area (Å²) < 4.78 is 6.58. The molecule has 68 valence electrons. The van der Waals surface area contributed by atoms with Crippen molar-refractivity contribution in [3.63, 3.8) is 0 Å². The monoisotopic (exact) mass is 210 g/mol. The van der Waals surface area contributed by atoms with E-state index in [1.165, 1.54) is 4.70 Å². The van der Waals surface area contributed by atoms with Gasteiger partial charge in [-0.25, -0.2) is 0 Å². The van der Waals surface area contributed by atoms with Gasteiger partial charge in [-0.05, 0) is 30.0 Å². The van der Waals surface area contributed by atoms with E-state index in [1.807, 2.05) is 6.92 Å². The van der Waals surface area contributed by atoms with Gasteiger partial charge in [-0.15, -0.1) is 24.0 Å². The Balaban J connectivity index is 2.87. The molecule has 0 unspecified atom stereocenters. The number of rotatable bonds is 1. The second kappa shape index (κ2) is 3.24. The number of ether oxygens (including phenoxy) is 1. The Kier molecular flexibility index (Phi) is 2.22. The highest BCUT2D eigenvalue weighted by Crippen LogP contribution is 2.37. The Hall–Kier alpha value is -0.670. The molecular formula is C10H10OS2. The van der Waals surface area contributed by atoms with Crippen molar-refractivity contribution < 1.29 is 4.74 Å². The van der Waals surface area contributed by atoms with E-state index in [0.29, 0.717) is 0 Å². The molecule has 3 heteroatoms. The summed E-state index contributed by atoms with van der Waals surface area (Å²) in [4.78, 5) is 0.938. The van der Waals surface area contributed by atoms with E-state index in [1.54, 1.807) is 18.4 Å². The fraction of sp³-hybridized carbons (Fsp3) is 0.200. The molecule has 0 aliphatic carbocycles. The molecule has 0 radical (unpaired) electrons. The van der Waals surface area contributed by atoms with Crippen molar-refractivity contribution in [2.45, 2.75) is 11.8 Å². The van der Waals surface area contributed by atoms with E-state index in [4.69, 9.17) is 4.74 Å². The number of benzene rings is 1. The minimum Gasteiger partial charge on any atom is -0.495 e. The molecule has 0 saturated heterocycles. The van der Waals surface area contributed by atoms with Gasteiger partial charge < -0.3 is 4.74 Å². The molecule has 2 aromatic rings. The van der Waals surface area contributed by atoms with Crippen LogP contribution in [-0.2, 0) is 0 Å². The zero-order chi connectivity index (χ0) is 9.42. The van der Waals surface area contributed by atoms with Crippen LogP contribution in [0.3, 0.4) is 0 Å². The van der Waals surface area contributed by atoms with Gasteiger partial charge in [-0.2, -0.15) is 0 Å². The molecule has 0 atom stereocenters. The van der Waals surface area contributed by atoms with Crippen molar-refractivity contribution in [1.29, 1.82) is 0 Å². The molecule has 0 amide bonds. The first kappa shape index (κ1) is 8.91. The maximum Gasteiger partial charge on any atom is 0.141 e. The number of methoxy groups -OCH3 is 1. The van der Waals surface area contributed by atoms with Gasteiger partial charge in [0.05, 0.1) is 7.11 Å². The molecule has 0 N–H and O–H groups in total. The van der Waals surface area contributed by atoms with Crippen LogP contribution in [0, 0.1) is 6.92 Å². The molecule has 1 nitrogen and oxygen atoms in total. The van der Waals surface area contributed by atoms with Crippen molar-refractivity contribution in [3.05, 3.63) is 23.1 Å². The van der Waals surface area contributed by atoms with Crippen LogP contribution in [0.5, 0.6) is 5.75 Å². The van der Waals surface area contributed by atoms with Gasteiger partial charge in [-0.3, -0.25) is 0 Å². The Morgan fingerprint density at radius 1 is 1.46 bits per heavy atom. The third-order valence-electron chi connectivity index (χ3n) is 2.08. The molecule has 1 aromatic heterocycles. The van der Waals surface area contributed by atoms with Crippen LogP contribution >= 0.6 is 24.0 Å². The van der Waals surface area contributed by atoms with Gasteiger partial charge in [0.25, 0.3) is 0 Å². The second-order valence-corrected chi connectivity index (χ2v) is 4.30. The molecule has 2 rings (SSSR count). The van der Waals surface area contributed by atoms with Gasteiger partial charge in [0.15, 0.2) is 0 Å². The number of fused-ring (bicyclic) bond motifs is 1. The zero-order valence-corrected chi connectivity index (χ0v) is 9.21. The van der Waals surface area contributed by atoms with E-state index < -0.39 is 0 Å². The van der Waals surface area contributed by atoms with Gasteiger partial charge in [0.1, 0.15) is 5.75 Å². The lowest BCUT2D eigenvalue weighted by Crippen LogP contribution is -1.87. The van der Waals surface area contributed by atoms with Crippen LogP contribution in [0.15, 0.2) is 22.4 Å². The molecular weight excluding hydrogens is 200 g/mol. The van der Waals surface area contributed by atoms with Gasteiger partial charge in [0, 0.05) is 15.0 Å². The van der Waals surface area contributed by atoms with Crippen LogP contribution in [0.1, 0.15) is 5.56 Å². The number of hydrogen-bond acceptors (Lipinski definition) is 3. The average Bonchev–Trinajstić information content (AvgIpc) is 2.54. The smallest absolute Gasteiger partial charge is 0.141 e. The standard InChI is InChI=1S/C10H10OS2/c1-6-5-8-7(3-4-13-8)9(11-2)10(6)12/h3-5,12H,1-2H3. The minimum absolute atomic E-state index is 0.889. The topological polar surface area (TPSA) is 9.23 Å². The van der Waals surface area contributed by atoms with E-state index in [0.717, 1.165) is 21.6 Å².